The number of nitro groups is 1. The smallest absolute Gasteiger partial charge is 0.247 e. The summed E-state index contributed by atoms with van der Waals surface area (Å²) in [5, 5.41) is 11.1. The highest BCUT2D eigenvalue weighted by Crippen LogP contribution is 2.55. The van der Waals surface area contributed by atoms with Gasteiger partial charge in [-0.1, -0.05) is 18.2 Å². The zero-order valence-corrected chi connectivity index (χ0v) is 16.9. The first-order chi connectivity index (χ1) is 13.6. The van der Waals surface area contributed by atoms with Crippen LogP contribution >= 0.6 is 0 Å². The molecule has 0 radical (unpaired) electrons. The van der Waals surface area contributed by atoms with Gasteiger partial charge in [0.2, 0.25) is 11.4 Å². The Kier molecular flexibility index (Phi) is 4.36. The Morgan fingerprint density at radius 2 is 1.97 bits per heavy atom. The van der Waals surface area contributed by atoms with Crippen LogP contribution in [0.5, 0.6) is 0 Å². The lowest BCUT2D eigenvalue weighted by Crippen LogP contribution is -2.58. The third kappa shape index (κ3) is 3.05. The summed E-state index contributed by atoms with van der Waals surface area (Å²) in [7, 11) is -4.41. The van der Waals surface area contributed by atoms with Crippen molar-refractivity contribution in [1.82, 2.24) is 0 Å². The van der Waals surface area contributed by atoms with Crippen molar-refractivity contribution in [3.8, 4) is 0 Å². The normalized spacial score (nSPS) is 24.8. The molecular formula is C20H21N2O6S-. The summed E-state index contributed by atoms with van der Waals surface area (Å²) in [5.41, 5.74) is 0.993. The van der Waals surface area contributed by atoms with E-state index in [1.807, 2.05) is 49.1 Å². The van der Waals surface area contributed by atoms with Crippen LogP contribution in [0.2, 0.25) is 0 Å². The lowest BCUT2D eigenvalue weighted by atomic mass is 9.76. The summed E-state index contributed by atoms with van der Waals surface area (Å²) in [6, 6.07) is 7.62. The van der Waals surface area contributed by atoms with Crippen LogP contribution in [0.25, 0.3) is 0 Å². The van der Waals surface area contributed by atoms with Crippen molar-refractivity contribution < 1.29 is 22.6 Å². The van der Waals surface area contributed by atoms with Crippen LogP contribution in [0.15, 0.2) is 59.5 Å². The molecule has 0 bridgehead atoms. The van der Waals surface area contributed by atoms with Gasteiger partial charge < -0.3 is 14.2 Å². The second kappa shape index (κ2) is 6.43. The van der Waals surface area contributed by atoms with Gasteiger partial charge in [0.05, 0.1) is 26.2 Å². The van der Waals surface area contributed by atoms with Crippen molar-refractivity contribution in [2.45, 2.75) is 37.8 Å². The lowest BCUT2D eigenvalue weighted by Gasteiger charge is -2.48. The summed E-state index contributed by atoms with van der Waals surface area (Å²) in [4.78, 5) is 12.6. The average molecular weight is 417 g/mol. The Balaban J connectivity index is 1.79. The van der Waals surface area contributed by atoms with E-state index in [4.69, 9.17) is 4.74 Å². The molecule has 1 aliphatic carbocycles. The van der Waals surface area contributed by atoms with Crippen LogP contribution in [0.3, 0.4) is 0 Å². The van der Waals surface area contributed by atoms with Gasteiger partial charge >= 0.3 is 0 Å². The predicted molar refractivity (Wildman–Crippen MR) is 106 cm³/mol. The molecule has 0 N–H and O–H groups in total. The first-order valence-electron chi connectivity index (χ1n) is 9.32. The van der Waals surface area contributed by atoms with E-state index >= 15 is 0 Å². The highest BCUT2D eigenvalue weighted by atomic mass is 32.2. The molecule has 3 aliphatic rings. The molecule has 1 aromatic carbocycles. The van der Waals surface area contributed by atoms with Crippen LogP contribution in [0, 0.1) is 10.1 Å². The highest BCUT2D eigenvalue weighted by molar-refractivity contribution is 7.85. The molecule has 1 spiro atoms. The van der Waals surface area contributed by atoms with Crippen molar-refractivity contribution in [3.63, 3.8) is 0 Å². The Morgan fingerprint density at radius 1 is 1.24 bits per heavy atom. The van der Waals surface area contributed by atoms with Gasteiger partial charge in [0.1, 0.15) is 5.76 Å². The quantitative estimate of drug-likeness (QED) is 0.420. The molecule has 0 unspecified atom stereocenters. The minimum Gasteiger partial charge on any atom is -0.748 e. The Morgan fingerprint density at radius 3 is 2.66 bits per heavy atom. The molecule has 154 valence electrons. The maximum absolute atomic E-state index is 11.3. The minimum atomic E-state index is -4.41. The van der Waals surface area contributed by atoms with Crippen LogP contribution in [0.4, 0.5) is 5.69 Å². The van der Waals surface area contributed by atoms with E-state index in [0.717, 1.165) is 11.3 Å². The number of hydrogen-bond donors (Lipinski definition) is 0. The van der Waals surface area contributed by atoms with Crippen LogP contribution in [0.1, 0.15) is 32.3 Å². The van der Waals surface area contributed by atoms with Gasteiger partial charge in [0.15, 0.2) is 0 Å². The second-order valence-corrected chi connectivity index (χ2v) is 9.48. The molecule has 0 saturated carbocycles. The van der Waals surface area contributed by atoms with E-state index in [9.17, 15) is 23.1 Å². The van der Waals surface area contributed by atoms with Gasteiger partial charge in [-0.2, -0.15) is 0 Å². The number of hydrogen-bond acceptors (Lipinski definition) is 7. The standard InChI is InChI=1S/C20H22N2O6S/c1-19(2)16-5-3-4-6-17(16)21(11-12-29(25,26)27)20(19)10-9-14-13-15(22(23)24)7-8-18(14)28-20/h3-6,9-10,13H,7-8,11-12H2,1-2H3,(H,25,26,27)/p-1/t20-/m1/s1. The molecule has 1 aromatic rings. The number of benzene rings is 1. The fourth-order valence-corrected chi connectivity index (χ4v) is 4.86. The number of nitrogens with zero attached hydrogens (tertiary/aromatic N) is 2. The van der Waals surface area contributed by atoms with Crippen molar-refractivity contribution in [2.75, 3.05) is 17.2 Å². The van der Waals surface area contributed by atoms with Crippen molar-refractivity contribution >= 4 is 15.8 Å². The number of allylic oxidation sites excluding steroid dienone is 5. The van der Waals surface area contributed by atoms with E-state index in [0.29, 0.717) is 17.8 Å². The van der Waals surface area contributed by atoms with Gasteiger partial charge in [-0.15, -0.1) is 0 Å². The Hall–Kier alpha value is -2.65. The van der Waals surface area contributed by atoms with Gasteiger partial charge in [0.25, 0.3) is 0 Å². The predicted octanol–water partition coefficient (Wildman–Crippen LogP) is 2.82. The zero-order valence-electron chi connectivity index (χ0n) is 16.1. The Labute approximate surface area is 169 Å². The highest BCUT2D eigenvalue weighted by Gasteiger charge is 2.59. The van der Waals surface area contributed by atoms with Gasteiger partial charge in [0, 0.05) is 36.7 Å². The fraction of sp³-hybridized carbons (Fsp3) is 0.400. The van der Waals surface area contributed by atoms with E-state index in [2.05, 4.69) is 0 Å². The van der Waals surface area contributed by atoms with E-state index in [1.54, 1.807) is 6.08 Å². The summed E-state index contributed by atoms with van der Waals surface area (Å²) >= 11 is 0. The number of ether oxygens (including phenoxy) is 1. The first-order valence-corrected chi connectivity index (χ1v) is 10.9. The first kappa shape index (κ1) is 19.7. The van der Waals surface area contributed by atoms with E-state index < -0.39 is 27.0 Å². The maximum Gasteiger partial charge on any atom is 0.247 e. The summed E-state index contributed by atoms with van der Waals surface area (Å²) in [6.45, 7) is 4.00. The average Bonchev–Trinajstić information content (AvgIpc) is 2.83. The third-order valence-electron chi connectivity index (χ3n) is 5.98. The topological polar surface area (TPSA) is 113 Å². The SMILES string of the molecule is CC1(C)c2ccccc2N(CCS(=O)(=O)[O-])[C@@]12C=CC1=C(CCC([N+](=O)[O-])=C1)O2. The summed E-state index contributed by atoms with van der Waals surface area (Å²) < 4.78 is 40.5. The fourth-order valence-electron chi connectivity index (χ4n) is 4.46. The molecule has 0 saturated heterocycles. The Bertz CT molecular complexity index is 1090. The van der Waals surface area contributed by atoms with Crippen molar-refractivity contribution in [1.29, 1.82) is 0 Å². The molecule has 2 heterocycles. The van der Waals surface area contributed by atoms with Crippen LogP contribution < -0.4 is 4.90 Å². The molecule has 0 aromatic heterocycles. The number of anilines is 1. The summed E-state index contributed by atoms with van der Waals surface area (Å²) in [5.74, 6) is 0.0853. The van der Waals surface area contributed by atoms with E-state index in [1.165, 1.54) is 6.08 Å². The van der Waals surface area contributed by atoms with Gasteiger partial charge in [-0.3, -0.25) is 10.1 Å². The largest absolute Gasteiger partial charge is 0.748 e. The third-order valence-corrected chi connectivity index (χ3v) is 6.67. The number of para-hydroxylation sites is 1. The molecule has 29 heavy (non-hydrogen) atoms. The summed E-state index contributed by atoms with van der Waals surface area (Å²) in [6.07, 6.45) is 5.78. The molecule has 1 atom stereocenters. The molecule has 9 heteroatoms. The second-order valence-electron chi connectivity index (χ2n) is 7.96. The number of rotatable bonds is 4. The monoisotopic (exact) mass is 417 g/mol. The molecule has 4 rings (SSSR count). The van der Waals surface area contributed by atoms with Gasteiger partial charge in [-0.05, 0) is 37.6 Å². The lowest BCUT2D eigenvalue weighted by molar-refractivity contribution is -0.428. The molecule has 2 aliphatic heterocycles. The van der Waals surface area contributed by atoms with Crippen molar-refractivity contribution in [2.24, 2.45) is 0 Å². The van der Waals surface area contributed by atoms with Crippen molar-refractivity contribution in [3.05, 3.63) is 75.2 Å². The minimum absolute atomic E-state index is 0.0186. The molecular weight excluding hydrogens is 396 g/mol. The van der Waals surface area contributed by atoms with E-state index in [-0.39, 0.29) is 23.6 Å². The zero-order chi connectivity index (χ0) is 21.0. The maximum atomic E-state index is 11.3. The van der Waals surface area contributed by atoms with Gasteiger partial charge in [-0.25, -0.2) is 8.42 Å². The number of fused-ring (bicyclic) bond motifs is 1. The van der Waals surface area contributed by atoms with Crippen LogP contribution in [-0.2, 0) is 20.3 Å². The van der Waals surface area contributed by atoms with Crippen LogP contribution in [-0.4, -0.2) is 35.9 Å². The molecule has 0 fully saturated rings. The molecule has 8 nitrogen and oxygen atoms in total. The molecule has 0 amide bonds.